The first-order chi connectivity index (χ1) is 11.1. The van der Waals surface area contributed by atoms with E-state index in [2.05, 4.69) is 16.6 Å². The fourth-order valence-corrected chi connectivity index (χ4v) is 1.34. The van der Waals surface area contributed by atoms with Crippen molar-refractivity contribution in [2.75, 3.05) is 39.5 Å². The fraction of sp³-hybridized carbons (Fsp3) is 0.533. The number of allylic oxidation sites excluding steroid dienone is 1. The zero-order valence-electron chi connectivity index (χ0n) is 13.0. The monoisotopic (exact) mass is 325 g/mol. The molecule has 0 aromatic heterocycles. The predicted octanol–water partition coefficient (Wildman–Crippen LogP) is -1.29. The summed E-state index contributed by atoms with van der Waals surface area (Å²) in [7, 11) is 0. The Morgan fingerprint density at radius 3 is 2.17 bits per heavy atom. The van der Waals surface area contributed by atoms with E-state index in [0.29, 0.717) is 39.5 Å². The number of hydrogen-bond donors (Lipinski definition) is 3. The molecule has 0 rings (SSSR count). The Kier molecular flexibility index (Phi) is 13.1. The molecule has 0 aliphatic rings. The van der Waals surface area contributed by atoms with Crippen LogP contribution in [-0.4, -0.2) is 57.2 Å². The number of carbonyl (C=O) groups is 3. The number of rotatable bonds is 13. The summed E-state index contributed by atoms with van der Waals surface area (Å²) in [5.41, 5.74) is 4.93. The van der Waals surface area contributed by atoms with Crippen LogP contribution in [0.25, 0.3) is 0 Å². The molecule has 0 spiro atoms. The second kappa shape index (κ2) is 14.6. The third-order valence-corrected chi connectivity index (χ3v) is 2.42. The van der Waals surface area contributed by atoms with Gasteiger partial charge in [-0.25, -0.2) is 0 Å². The van der Waals surface area contributed by atoms with Crippen molar-refractivity contribution in [3.05, 3.63) is 12.2 Å². The Morgan fingerprint density at radius 1 is 1.00 bits per heavy atom. The summed E-state index contributed by atoms with van der Waals surface area (Å²) >= 11 is 0. The van der Waals surface area contributed by atoms with Crippen LogP contribution in [0.4, 0.5) is 0 Å². The van der Waals surface area contributed by atoms with Gasteiger partial charge >= 0.3 is 0 Å². The largest absolute Gasteiger partial charge is 0.377 e. The first-order valence-corrected chi connectivity index (χ1v) is 7.17. The minimum atomic E-state index is -0.503. The van der Waals surface area contributed by atoms with Gasteiger partial charge in [-0.05, 0) is 6.08 Å². The average molecular weight is 325 g/mol. The maximum Gasteiger partial charge on any atom is 0.244 e. The number of ether oxygens (including phenoxy) is 2. The van der Waals surface area contributed by atoms with Gasteiger partial charge in [0.15, 0.2) is 0 Å². The zero-order valence-corrected chi connectivity index (χ0v) is 13.0. The molecule has 8 heteroatoms. The maximum atomic E-state index is 11.2. The highest BCUT2D eigenvalue weighted by atomic mass is 16.5. The Labute approximate surface area is 135 Å². The average Bonchev–Trinajstić information content (AvgIpc) is 2.52. The molecule has 0 atom stereocenters. The van der Waals surface area contributed by atoms with E-state index in [0.717, 1.165) is 0 Å². The quantitative estimate of drug-likeness (QED) is 0.221. The second-order valence-corrected chi connectivity index (χ2v) is 4.33. The lowest BCUT2D eigenvalue weighted by atomic mass is 10.3. The molecule has 0 heterocycles. The summed E-state index contributed by atoms with van der Waals surface area (Å²) in [5, 5.41) is 5.19. The lowest BCUT2D eigenvalue weighted by molar-refractivity contribution is -0.125. The normalized spacial score (nSPS) is 10.2. The number of terminal acetylenes is 1. The lowest BCUT2D eigenvalue weighted by Gasteiger charge is -2.07. The molecule has 8 nitrogen and oxygen atoms in total. The standard InChI is InChI=1S/C15H23N3O5/c1-2-3-4-14(20)17-7-9-22-11-12-23-10-8-18-15(21)6-5-13(16)19/h1,3-4H,5-12H2,(H2,16,19)(H,17,20)(H,18,21). The fourth-order valence-electron chi connectivity index (χ4n) is 1.34. The highest BCUT2D eigenvalue weighted by Crippen LogP contribution is 1.86. The van der Waals surface area contributed by atoms with E-state index in [1.165, 1.54) is 12.2 Å². The first kappa shape index (κ1) is 20.6. The Morgan fingerprint density at radius 2 is 1.61 bits per heavy atom. The van der Waals surface area contributed by atoms with Crippen molar-refractivity contribution in [3.8, 4) is 12.3 Å². The van der Waals surface area contributed by atoms with E-state index >= 15 is 0 Å². The SMILES string of the molecule is C#CC=CC(=O)NCCOCCOCCNC(=O)CCC(N)=O. The molecular weight excluding hydrogens is 302 g/mol. The molecule has 0 aliphatic carbocycles. The first-order valence-electron chi connectivity index (χ1n) is 7.17. The third-order valence-electron chi connectivity index (χ3n) is 2.42. The molecule has 0 aromatic carbocycles. The number of carbonyl (C=O) groups excluding carboxylic acids is 3. The third kappa shape index (κ3) is 15.8. The van der Waals surface area contributed by atoms with E-state index in [1.807, 2.05) is 0 Å². The number of amides is 3. The van der Waals surface area contributed by atoms with Crippen molar-refractivity contribution in [2.24, 2.45) is 5.73 Å². The van der Waals surface area contributed by atoms with Gasteiger partial charge in [0.2, 0.25) is 17.7 Å². The van der Waals surface area contributed by atoms with Crippen LogP contribution in [0.3, 0.4) is 0 Å². The number of nitrogens with one attached hydrogen (secondary N) is 2. The lowest BCUT2D eigenvalue weighted by Crippen LogP contribution is -2.28. The van der Waals surface area contributed by atoms with Crippen molar-refractivity contribution in [1.29, 1.82) is 0 Å². The highest BCUT2D eigenvalue weighted by Gasteiger charge is 2.02. The van der Waals surface area contributed by atoms with Crippen molar-refractivity contribution in [3.63, 3.8) is 0 Å². The van der Waals surface area contributed by atoms with Gasteiger partial charge < -0.3 is 25.8 Å². The van der Waals surface area contributed by atoms with Gasteiger partial charge in [0.05, 0.1) is 26.4 Å². The van der Waals surface area contributed by atoms with Crippen LogP contribution in [0.15, 0.2) is 12.2 Å². The molecule has 0 aromatic rings. The Balaban J connectivity index is 3.29. The van der Waals surface area contributed by atoms with E-state index in [-0.39, 0.29) is 24.7 Å². The van der Waals surface area contributed by atoms with Crippen molar-refractivity contribution < 1.29 is 23.9 Å². The van der Waals surface area contributed by atoms with Gasteiger partial charge in [-0.2, -0.15) is 0 Å². The summed E-state index contributed by atoms with van der Waals surface area (Å²) in [6.07, 6.45) is 7.67. The molecule has 0 fully saturated rings. The van der Waals surface area contributed by atoms with Crippen LogP contribution >= 0.6 is 0 Å². The van der Waals surface area contributed by atoms with Crippen molar-refractivity contribution in [2.45, 2.75) is 12.8 Å². The van der Waals surface area contributed by atoms with Crippen LogP contribution in [0.1, 0.15) is 12.8 Å². The van der Waals surface area contributed by atoms with Crippen LogP contribution in [0.5, 0.6) is 0 Å². The molecule has 0 unspecified atom stereocenters. The molecule has 0 aliphatic heterocycles. The van der Waals surface area contributed by atoms with E-state index in [1.54, 1.807) is 0 Å². The summed E-state index contributed by atoms with van der Waals surface area (Å²) in [6.45, 7) is 2.20. The minimum absolute atomic E-state index is 0.0373. The predicted molar refractivity (Wildman–Crippen MR) is 84.1 cm³/mol. The minimum Gasteiger partial charge on any atom is -0.377 e. The van der Waals surface area contributed by atoms with Crippen LogP contribution < -0.4 is 16.4 Å². The number of hydrogen-bond acceptors (Lipinski definition) is 5. The molecule has 4 N–H and O–H groups in total. The van der Waals surface area contributed by atoms with Crippen LogP contribution in [-0.2, 0) is 23.9 Å². The van der Waals surface area contributed by atoms with Crippen LogP contribution in [0.2, 0.25) is 0 Å². The van der Waals surface area contributed by atoms with Gasteiger partial charge in [-0.3, -0.25) is 14.4 Å². The topological polar surface area (TPSA) is 120 Å². The summed E-state index contributed by atoms with van der Waals surface area (Å²) in [5.74, 6) is 1.21. The molecular formula is C15H23N3O5. The van der Waals surface area contributed by atoms with Gasteiger partial charge in [-0.15, -0.1) is 6.42 Å². The molecule has 0 saturated carbocycles. The second-order valence-electron chi connectivity index (χ2n) is 4.33. The summed E-state index contributed by atoms with van der Waals surface area (Å²) in [4.78, 5) is 32.8. The molecule has 0 bridgehead atoms. The van der Waals surface area contributed by atoms with Crippen LogP contribution in [0, 0.1) is 12.3 Å². The molecule has 128 valence electrons. The maximum absolute atomic E-state index is 11.2. The van der Waals surface area contributed by atoms with Gasteiger partial charge in [-0.1, -0.05) is 5.92 Å². The number of nitrogens with two attached hydrogens (primary N) is 1. The summed E-state index contributed by atoms with van der Waals surface area (Å²) < 4.78 is 10.5. The van der Waals surface area contributed by atoms with Gasteiger partial charge in [0.25, 0.3) is 0 Å². The highest BCUT2D eigenvalue weighted by molar-refractivity contribution is 5.87. The molecule has 23 heavy (non-hydrogen) atoms. The van der Waals surface area contributed by atoms with E-state index < -0.39 is 5.91 Å². The van der Waals surface area contributed by atoms with Gasteiger partial charge in [0, 0.05) is 32.0 Å². The van der Waals surface area contributed by atoms with Gasteiger partial charge in [0.1, 0.15) is 0 Å². The number of primary amides is 1. The smallest absolute Gasteiger partial charge is 0.244 e. The molecule has 0 radical (unpaired) electrons. The molecule has 0 saturated heterocycles. The summed E-state index contributed by atoms with van der Waals surface area (Å²) in [6, 6.07) is 0. The van der Waals surface area contributed by atoms with Crippen molar-refractivity contribution in [1.82, 2.24) is 10.6 Å². The van der Waals surface area contributed by atoms with Crippen molar-refractivity contribution >= 4 is 17.7 Å². The molecule has 3 amide bonds. The zero-order chi connectivity index (χ0) is 17.3. The van der Waals surface area contributed by atoms with E-state index in [9.17, 15) is 14.4 Å². The Bertz CT molecular complexity index is 443. The van der Waals surface area contributed by atoms with E-state index in [4.69, 9.17) is 21.6 Å². The Hall–Kier alpha value is -2.37.